The second kappa shape index (κ2) is 6.73. The van der Waals surface area contributed by atoms with Gasteiger partial charge in [-0.25, -0.2) is 0 Å². The summed E-state index contributed by atoms with van der Waals surface area (Å²) in [6.45, 7) is 10.9. The number of carbonyl (C=O) groups is 2. The minimum Gasteiger partial charge on any atom is -0.337 e. The molecule has 0 radical (unpaired) electrons. The van der Waals surface area contributed by atoms with Gasteiger partial charge in [-0.05, 0) is 50.8 Å². The smallest absolute Gasteiger partial charge is 0.229 e. The first-order chi connectivity index (χ1) is 10.7. The standard InChI is InChI=1S/C19H28N2O2/c1-6-13(2)14-7-9-16(10-8-14)20-18(23)15-11-17(22)21(12-15)19(3,4)5/h7-10,13,15H,6,11-12H2,1-5H3,(H,20,23)/t13-,15+/m1/s1. The maximum absolute atomic E-state index is 12.4. The summed E-state index contributed by atoms with van der Waals surface area (Å²) in [6, 6.07) is 8.01. The highest BCUT2D eigenvalue weighted by Gasteiger charge is 2.39. The zero-order valence-corrected chi connectivity index (χ0v) is 14.8. The van der Waals surface area contributed by atoms with E-state index < -0.39 is 0 Å². The summed E-state index contributed by atoms with van der Waals surface area (Å²) in [5.74, 6) is 0.245. The van der Waals surface area contributed by atoms with E-state index in [0.717, 1.165) is 12.1 Å². The van der Waals surface area contributed by atoms with Crippen LogP contribution in [-0.2, 0) is 9.59 Å². The maximum Gasteiger partial charge on any atom is 0.229 e. The van der Waals surface area contributed by atoms with Crippen molar-refractivity contribution in [3.8, 4) is 0 Å². The molecule has 23 heavy (non-hydrogen) atoms. The fourth-order valence-corrected chi connectivity index (χ4v) is 2.91. The average Bonchev–Trinajstić information content (AvgIpc) is 2.89. The van der Waals surface area contributed by atoms with Crippen LogP contribution in [0.15, 0.2) is 24.3 Å². The summed E-state index contributed by atoms with van der Waals surface area (Å²) in [5, 5.41) is 2.94. The van der Waals surface area contributed by atoms with Gasteiger partial charge in [0.15, 0.2) is 0 Å². The normalized spacial score (nSPS) is 19.8. The third-order valence-corrected chi connectivity index (χ3v) is 4.67. The molecule has 1 aliphatic heterocycles. The minimum atomic E-state index is -0.268. The lowest BCUT2D eigenvalue weighted by Crippen LogP contribution is -2.42. The number of benzene rings is 1. The van der Waals surface area contributed by atoms with Gasteiger partial charge in [0.1, 0.15) is 0 Å². The molecule has 1 fully saturated rings. The number of likely N-dealkylation sites (tertiary alicyclic amines) is 1. The zero-order chi connectivity index (χ0) is 17.2. The Kier molecular flexibility index (Phi) is 5.12. The molecule has 126 valence electrons. The van der Waals surface area contributed by atoms with Gasteiger partial charge >= 0.3 is 0 Å². The molecule has 1 aliphatic rings. The number of nitrogens with one attached hydrogen (secondary N) is 1. The van der Waals surface area contributed by atoms with Crippen LogP contribution in [0.1, 0.15) is 58.9 Å². The molecule has 1 heterocycles. The van der Waals surface area contributed by atoms with Crippen molar-refractivity contribution in [1.82, 2.24) is 4.90 Å². The van der Waals surface area contributed by atoms with Crippen LogP contribution in [0.2, 0.25) is 0 Å². The Labute approximate surface area is 139 Å². The Morgan fingerprint density at radius 2 is 1.91 bits per heavy atom. The summed E-state index contributed by atoms with van der Waals surface area (Å²) in [5.41, 5.74) is 1.84. The van der Waals surface area contributed by atoms with Gasteiger partial charge in [0, 0.05) is 24.2 Å². The van der Waals surface area contributed by atoms with E-state index in [4.69, 9.17) is 0 Å². The molecule has 1 N–H and O–H groups in total. The molecule has 0 spiro atoms. The number of rotatable bonds is 4. The second-order valence-corrected chi connectivity index (χ2v) is 7.50. The Morgan fingerprint density at radius 1 is 1.30 bits per heavy atom. The molecule has 0 unspecified atom stereocenters. The van der Waals surface area contributed by atoms with E-state index in [1.807, 2.05) is 32.9 Å². The third-order valence-electron chi connectivity index (χ3n) is 4.67. The SMILES string of the molecule is CC[C@@H](C)c1ccc(NC(=O)[C@H]2CC(=O)N(C(C)(C)C)C2)cc1. The molecule has 2 atom stereocenters. The first kappa shape index (κ1) is 17.5. The lowest BCUT2D eigenvalue weighted by Gasteiger charge is -2.31. The van der Waals surface area contributed by atoms with Crippen LogP contribution in [0.3, 0.4) is 0 Å². The van der Waals surface area contributed by atoms with Crippen molar-refractivity contribution in [1.29, 1.82) is 0 Å². The molecule has 0 bridgehead atoms. The van der Waals surface area contributed by atoms with E-state index in [1.54, 1.807) is 4.90 Å². The van der Waals surface area contributed by atoms with Crippen LogP contribution in [0, 0.1) is 5.92 Å². The molecule has 2 amide bonds. The molecule has 0 saturated carbocycles. The Balaban J connectivity index is 1.99. The number of carbonyl (C=O) groups excluding carboxylic acids is 2. The van der Waals surface area contributed by atoms with Gasteiger partial charge in [-0.2, -0.15) is 0 Å². The van der Waals surface area contributed by atoms with E-state index in [9.17, 15) is 9.59 Å². The number of anilines is 1. The number of amides is 2. The highest BCUT2D eigenvalue weighted by atomic mass is 16.2. The molecular weight excluding hydrogens is 288 g/mol. The zero-order valence-electron chi connectivity index (χ0n) is 14.8. The molecule has 2 rings (SSSR count). The fraction of sp³-hybridized carbons (Fsp3) is 0.579. The molecule has 1 saturated heterocycles. The van der Waals surface area contributed by atoms with Gasteiger partial charge in [0.05, 0.1) is 5.92 Å². The highest BCUT2D eigenvalue weighted by molar-refractivity contribution is 5.97. The number of nitrogens with zero attached hydrogens (tertiary/aromatic N) is 1. The average molecular weight is 316 g/mol. The molecule has 4 heteroatoms. The number of hydrogen-bond donors (Lipinski definition) is 1. The Hall–Kier alpha value is -1.84. The van der Waals surface area contributed by atoms with Crippen molar-refractivity contribution in [3.05, 3.63) is 29.8 Å². The summed E-state index contributed by atoms with van der Waals surface area (Å²) in [6.07, 6.45) is 1.40. The monoisotopic (exact) mass is 316 g/mol. The minimum absolute atomic E-state index is 0.0600. The van der Waals surface area contributed by atoms with E-state index in [-0.39, 0.29) is 23.3 Å². The summed E-state index contributed by atoms with van der Waals surface area (Å²) < 4.78 is 0. The summed E-state index contributed by atoms with van der Waals surface area (Å²) >= 11 is 0. The predicted octanol–water partition coefficient (Wildman–Crippen LogP) is 3.79. The van der Waals surface area contributed by atoms with Gasteiger partial charge in [0.2, 0.25) is 11.8 Å². The third kappa shape index (κ3) is 4.12. The van der Waals surface area contributed by atoms with E-state index >= 15 is 0 Å². The van der Waals surface area contributed by atoms with Crippen LogP contribution < -0.4 is 5.32 Å². The largest absolute Gasteiger partial charge is 0.337 e. The fourth-order valence-electron chi connectivity index (χ4n) is 2.91. The van der Waals surface area contributed by atoms with Crippen molar-refractivity contribution in [2.45, 2.75) is 58.9 Å². The molecule has 1 aromatic carbocycles. The lowest BCUT2D eigenvalue weighted by atomic mass is 9.98. The lowest BCUT2D eigenvalue weighted by molar-refractivity contribution is -0.131. The molecule has 1 aromatic rings. The second-order valence-electron chi connectivity index (χ2n) is 7.50. The molecule has 0 aromatic heterocycles. The van der Waals surface area contributed by atoms with E-state index in [1.165, 1.54) is 5.56 Å². The van der Waals surface area contributed by atoms with Crippen molar-refractivity contribution in [2.75, 3.05) is 11.9 Å². The van der Waals surface area contributed by atoms with Crippen LogP contribution in [-0.4, -0.2) is 28.8 Å². The Morgan fingerprint density at radius 3 is 2.39 bits per heavy atom. The van der Waals surface area contributed by atoms with E-state index in [0.29, 0.717) is 18.9 Å². The Bertz CT molecular complexity index is 572. The van der Waals surface area contributed by atoms with Crippen molar-refractivity contribution in [3.63, 3.8) is 0 Å². The predicted molar refractivity (Wildman–Crippen MR) is 93.4 cm³/mol. The number of hydrogen-bond acceptors (Lipinski definition) is 2. The first-order valence-electron chi connectivity index (χ1n) is 8.43. The first-order valence-corrected chi connectivity index (χ1v) is 8.43. The van der Waals surface area contributed by atoms with Gasteiger partial charge in [-0.15, -0.1) is 0 Å². The van der Waals surface area contributed by atoms with Gasteiger partial charge in [-0.3, -0.25) is 9.59 Å². The topological polar surface area (TPSA) is 49.4 Å². The molecule has 0 aliphatic carbocycles. The maximum atomic E-state index is 12.4. The van der Waals surface area contributed by atoms with E-state index in [2.05, 4.69) is 31.3 Å². The summed E-state index contributed by atoms with van der Waals surface area (Å²) in [4.78, 5) is 26.3. The summed E-state index contributed by atoms with van der Waals surface area (Å²) in [7, 11) is 0. The van der Waals surface area contributed by atoms with Gasteiger partial charge in [0.25, 0.3) is 0 Å². The van der Waals surface area contributed by atoms with Gasteiger partial charge < -0.3 is 10.2 Å². The van der Waals surface area contributed by atoms with Crippen molar-refractivity contribution < 1.29 is 9.59 Å². The quantitative estimate of drug-likeness (QED) is 0.919. The van der Waals surface area contributed by atoms with Crippen LogP contribution in [0.5, 0.6) is 0 Å². The van der Waals surface area contributed by atoms with Crippen molar-refractivity contribution in [2.24, 2.45) is 5.92 Å². The molecule has 4 nitrogen and oxygen atoms in total. The van der Waals surface area contributed by atoms with Crippen LogP contribution in [0.4, 0.5) is 5.69 Å². The van der Waals surface area contributed by atoms with Crippen molar-refractivity contribution >= 4 is 17.5 Å². The van der Waals surface area contributed by atoms with Gasteiger partial charge in [-0.1, -0.05) is 26.0 Å². The molecular formula is C19H28N2O2. The van der Waals surface area contributed by atoms with Crippen LogP contribution in [0.25, 0.3) is 0 Å². The van der Waals surface area contributed by atoms with Crippen LogP contribution >= 0.6 is 0 Å². The highest BCUT2D eigenvalue weighted by Crippen LogP contribution is 2.27.